The van der Waals surface area contributed by atoms with E-state index in [1.807, 2.05) is 0 Å². The topological polar surface area (TPSA) is 20.2 Å². The van der Waals surface area contributed by atoms with E-state index in [2.05, 4.69) is 0 Å². The van der Waals surface area contributed by atoms with Crippen molar-refractivity contribution >= 4 is 10.2 Å². The Bertz CT molecular complexity index is 21.2. The van der Waals surface area contributed by atoms with E-state index in [0.29, 0.717) is 0 Å². The maximum atomic E-state index is 7.73. The number of rotatable bonds is 0. The van der Waals surface area contributed by atoms with Crippen molar-refractivity contribution in [3.05, 3.63) is 12.0 Å². The number of hydrogen-bond donors (Lipinski definition) is 1. The van der Waals surface area contributed by atoms with E-state index >= 15 is 0 Å². The average Bonchev–Trinajstić information content (AvgIpc) is 1.37. The molecule has 0 aliphatic rings. The molecule has 24 valence electrons. The highest BCUT2D eigenvalue weighted by Crippen LogP contribution is 1.43. The molecule has 0 atom stereocenters. The zero-order valence-electron chi connectivity index (χ0n) is 2.60. The van der Waals surface area contributed by atoms with Gasteiger partial charge in [-0.15, -0.1) is 0 Å². The molecule has 0 aliphatic heterocycles. The van der Waals surface area contributed by atoms with Crippen molar-refractivity contribution in [2.24, 2.45) is 0 Å². The lowest BCUT2D eigenvalue weighted by Crippen LogP contribution is -1.45. The standard InChI is InChI=1S/C2H6OSi/c3-1-2-4/h1-3H,4H3. The van der Waals surface area contributed by atoms with Crippen LogP contribution in [0.5, 0.6) is 0 Å². The van der Waals surface area contributed by atoms with E-state index in [4.69, 9.17) is 5.11 Å². The van der Waals surface area contributed by atoms with E-state index in [9.17, 15) is 0 Å². The molecule has 0 aromatic heterocycles. The van der Waals surface area contributed by atoms with Gasteiger partial charge >= 0.3 is 0 Å². The van der Waals surface area contributed by atoms with Crippen LogP contribution in [-0.4, -0.2) is 15.3 Å². The van der Waals surface area contributed by atoms with Gasteiger partial charge in [0.2, 0.25) is 0 Å². The van der Waals surface area contributed by atoms with Crippen LogP contribution < -0.4 is 0 Å². The van der Waals surface area contributed by atoms with Gasteiger partial charge in [0.05, 0.1) is 6.26 Å². The first-order valence-electron chi connectivity index (χ1n) is 1.17. The van der Waals surface area contributed by atoms with Gasteiger partial charge in [0.25, 0.3) is 0 Å². The molecule has 1 N–H and O–H groups in total. The summed E-state index contributed by atoms with van der Waals surface area (Å²) >= 11 is 0. The van der Waals surface area contributed by atoms with Crippen LogP contribution in [0.1, 0.15) is 0 Å². The monoisotopic (exact) mass is 74.0 g/mol. The Morgan fingerprint density at radius 1 is 1.75 bits per heavy atom. The van der Waals surface area contributed by atoms with E-state index in [-0.39, 0.29) is 0 Å². The van der Waals surface area contributed by atoms with Gasteiger partial charge in [-0.2, -0.15) is 0 Å². The predicted octanol–water partition coefficient (Wildman–Crippen LogP) is -0.619. The second kappa shape index (κ2) is 2.76. The summed E-state index contributed by atoms with van der Waals surface area (Å²) in [4.78, 5) is 0. The lowest BCUT2D eigenvalue weighted by Gasteiger charge is -1.53. The minimum Gasteiger partial charge on any atom is -0.516 e. The maximum absolute atomic E-state index is 7.73. The Morgan fingerprint density at radius 3 is 2.00 bits per heavy atom. The summed E-state index contributed by atoms with van der Waals surface area (Å²) in [7, 11) is 0.959. The van der Waals surface area contributed by atoms with Crippen LogP contribution in [0.2, 0.25) is 0 Å². The third-order valence-electron chi connectivity index (χ3n) is 0.149. The number of aliphatic hydroxyl groups is 1. The molecule has 0 aliphatic carbocycles. The van der Waals surface area contributed by atoms with Crippen molar-refractivity contribution in [3.8, 4) is 0 Å². The van der Waals surface area contributed by atoms with Gasteiger partial charge < -0.3 is 5.11 Å². The van der Waals surface area contributed by atoms with Crippen LogP contribution in [0.3, 0.4) is 0 Å². The second-order valence-electron chi connectivity index (χ2n) is 0.482. The molecule has 0 spiro atoms. The van der Waals surface area contributed by atoms with Crippen LogP contribution in [-0.2, 0) is 0 Å². The summed E-state index contributed by atoms with van der Waals surface area (Å²) in [6.45, 7) is 0. The zero-order chi connectivity index (χ0) is 3.41. The minimum absolute atomic E-state index is 0.959. The quantitative estimate of drug-likeness (QED) is 0.300. The summed E-state index contributed by atoms with van der Waals surface area (Å²) in [5.74, 6) is 0. The molecule has 2 heteroatoms. The predicted molar refractivity (Wildman–Crippen MR) is 21.7 cm³/mol. The average molecular weight is 74.2 g/mol. The van der Waals surface area contributed by atoms with Gasteiger partial charge in [-0.05, 0) is 0 Å². The SMILES string of the molecule is OC=C[SiH3]. The van der Waals surface area contributed by atoms with Crippen LogP contribution >= 0.6 is 0 Å². The molecule has 0 unspecified atom stereocenters. The van der Waals surface area contributed by atoms with Gasteiger partial charge in [-0.25, -0.2) is 0 Å². The Morgan fingerprint density at radius 2 is 2.00 bits per heavy atom. The Hall–Kier alpha value is -0.243. The van der Waals surface area contributed by atoms with Crippen LogP contribution in [0.15, 0.2) is 12.0 Å². The maximum Gasteiger partial charge on any atom is 0.0704 e. The third kappa shape index (κ3) is 1.76. The molecule has 1 nitrogen and oxygen atoms in total. The van der Waals surface area contributed by atoms with E-state index in [1.54, 1.807) is 5.70 Å². The molecule has 0 fully saturated rings. The molecule has 0 bridgehead atoms. The first kappa shape index (κ1) is 3.76. The highest BCUT2D eigenvalue weighted by Gasteiger charge is 1.35. The summed E-state index contributed by atoms with van der Waals surface area (Å²) in [5, 5.41) is 7.73. The van der Waals surface area contributed by atoms with E-state index in [0.717, 1.165) is 16.5 Å². The van der Waals surface area contributed by atoms with Gasteiger partial charge in [-0.3, -0.25) is 0 Å². The molecule has 4 heavy (non-hydrogen) atoms. The summed E-state index contributed by atoms with van der Waals surface area (Å²) < 4.78 is 0. The second-order valence-corrected chi connectivity index (χ2v) is 1.15. The first-order valence-corrected chi connectivity index (χ1v) is 2.32. The summed E-state index contributed by atoms with van der Waals surface area (Å²) in [5.41, 5.74) is 1.69. The molecule has 0 heterocycles. The molecular formula is C2H6OSi. The molecule has 0 aromatic rings. The molecular weight excluding hydrogens is 68.1 g/mol. The Kier molecular flexibility index (Phi) is 2.59. The van der Waals surface area contributed by atoms with Crippen molar-refractivity contribution in [1.82, 2.24) is 0 Å². The fourth-order valence-electron chi connectivity index (χ4n) is 0. The number of aliphatic hydroxyl groups excluding tert-OH is 1. The van der Waals surface area contributed by atoms with E-state index < -0.39 is 0 Å². The summed E-state index contributed by atoms with van der Waals surface area (Å²) in [6.07, 6.45) is 1.06. The highest BCUT2D eigenvalue weighted by atomic mass is 28.1. The lowest BCUT2D eigenvalue weighted by atomic mass is 11.2. The van der Waals surface area contributed by atoms with E-state index in [1.165, 1.54) is 0 Å². The van der Waals surface area contributed by atoms with Crippen molar-refractivity contribution < 1.29 is 5.11 Å². The normalized spacial score (nSPS) is 10.0. The Labute approximate surface area is 28.4 Å². The van der Waals surface area contributed by atoms with Crippen molar-refractivity contribution in [1.29, 1.82) is 0 Å². The molecule has 0 saturated carbocycles. The summed E-state index contributed by atoms with van der Waals surface area (Å²) in [6, 6.07) is 0. The van der Waals surface area contributed by atoms with Gasteiger partial charge in [0.15, 0.2) is 0 Å². The number of hydrogen-bond acceptors (Lipinski definition) is 1. The van der Waals surface area contributed by atoms with Crippen LogP contribution in [0.25, 0.3) is 0 Å². The third-order valence-corrected chi connectivity index (χ3v) is 0.447. The fourth-order valence-corrected chi connectivity index (χ4v) is 0. The van der Waals surface area contributed by atoms with Crippen molar-refractivity contribution in [2.45, 2.75) is 0 Å². The zero-order valence-corrected chi connectivity index (χ0v) is 4.60. The highest BCUT2D eigenvalue weighted by molar-refractivity contribution is 6.16. The molecule has 0 radical (unpaired) electrons. The fraction of sp³-hybridized carbons (Fsp3) is 0. The molecule has 0 amide bonds. The molecule has 0 saturated heterocycles. The Balaban J connectivity index is 2.55. The molecule has 0 aromatic carbocycles. The van der Waals surface area contributed by atoms with Crippen LogP contribution in [0.4, 0.5) is 0 Å². The lowest BCUT2D eigenvalue weighted by molar-refractivity contribution is 0.475. The van der Waals surface area contributed by atoms with Gasteiger partial charge in [0, 0.05) is 10.2 Å². The smallest absolute Gasteiger partial charge is 0.0704 e. The van der Waals surface area contributed by atoms with Crippen LogP contribution in [0, 0.1) is 0 Å². The van der Waals surface area contributed by atoms with Crippen molar-refractivity contribution in [3.63, 3.8) is 0 Å². The first-order chi connectivity index (χ1) is 1.91. The van der Waals surface area contributed by atoms with Gasteiger partial charge in [0.1, 0.15) is 0 Å². The largest absolute Gasteiger partial charge is 0.516 e. The molecule has 0 rings (SSSR count). The van der Waals surface area contributed by atoms with Gasteiger partial charge in [-0.1, -0.05) is 5.70 Å². The van der Waals surface area contributed by atoms with Crippen molar-refractivity contribution in [2.75, 3.05) is 0 Å². The minimum atomic E-state index is 0.959.